The Morgan fingerprint density at radius 2 is 1.88 bits per heavy atom. The molecule has 0 unspecified atom stereocenters. The van der Waals surface area contributed by atoms with E-state index < -0.39 is 28.9 Å². The van der Waals surface area contributed by atoms with Crippen molar-refractivity contribution < 1.29 is 26.7 Å². The number of nitrogens with one attached hydrogen (secondary N) is 1. The summed E-state index contributed by atoms with van der Waals surface area (Å²) in [6, 6.07) is 5.44. The third-order valence-electron chi connectivity index (χ3n) is 5.00. The molecule has 4 aromatic rings. The number of ether oxygens (including phenoxy) is 1. The SMILES string of the molecule is Fc1cnc(-c2c(C(F)(F)F)cc(F)c3[nH]c(SN4CCOCc5cccnc54)cc23)nc1. The van der Waals surface area contributed by atoms with Crippen molar-refractivity contribution in [3.63, 3.8) is 0 Å². The monoisotopic (exact) mass is 479 g/mol. The summed E-state index contributed by atoms with van der Waals surface area (Å²) < 4.78 is 76.7. The number of aromatic nitrogens is 4. The average Bonchev–Trinajstić information content (AvgIpc) is 3.10. The number of hydrogen-bond acceptors (Lipinski definition) is 6. The number of halogens is 5. The van der Waals surface area contributed by atoms with Crippen molar-refractivity contribution >= 4 is 28.7 Å². The van der Waals surface area contributed by atoms with Crippen molar-refractivity contribution in [2.24, 2.45) is 0 Å². The van der Waals surface area contributed by atoms with E-state index in [9.17, 15) is 22.0 Å². The lowest BCUT2D eigenvalue weighted by molar-refractivity contribution is -0.137. The number of hydrogen-bond donors (Lipinski definition) is 1. The Morgan fingerprint density at radius 3 is 2.64 bits per heavy atom. The van der Waals surface area contributed by atoms with Crippen LogP contribution < -0.4 is 4.31 Å². The van der Waals surface area contributed by atoms with Gasteiger partial charge in [-0.25, -0.2) is 23.7 Å². The molecule has 1 N–H and O–H groups in total. The molecular weight excluding hydrogens is 465 g/mol. The summed E-state index contributed by atoms with van der Waals surface area (Å²) >= 11 is 1.16. The van der Waals surface area contributed by atoms with E-state index >= 15 is 0 Å². The maximum Gasteiger partial charge on any atom is 0.417 e. The van der Waals surface area contributed by atoms with Gasteiger partial charge in [0.2, 0.25) is 0 Å². The zero-order valence-corrected chi connectivity index (χ0v) is 17.5. The maximum atomic E-state index is 14.7. The molecule has 1 aromatic carbocycles. The lowest BCUT2D eigenvalue weighted by atomic mass is 10.0. The van der Waals surface area contributed by atoms with Crippen molar-refractivity contribution in [2.45, 2.75) is 17.8 Å². The summed E-state index contributed by atoms with van der Waals surface area (Å²) in [6.45, 7) is 1.24. The van der Waals surface area contributed by atoms with Gasteiger partial charge in [0.15, 0.2) is 11.6 Å². The Balaban J connectivity index is 1.64. The second-order valence-electron chi connectivity index (χ2n) is 7.16. The Kier molecular flexibility index (Phi) is 5.41. The van der Waals surface area contributed by atoms with E-state index in [1.807, 2.05) is 10.4 Å². The summed E-state index contributed by atoms with van der Waals surface area (Å²) in [5.41, 5.74) is -0.963. The number of rotatable bonds is 3. The van der Waals surface area contributed by atoms with Gasteiger partial charge in [-0.05, 0) is 18.2 Å². The molecular formula is C21H14F5N5OS. The zero-order chi connectivity index (χ0) is 23.2. The minimum Gasteiger partial charge on any atom is -0.375 e. The average molecular weight is 479 g/mol. The molecule has 0 amide bonds. The summed E-state index contributed by atoms with van der Waals surface area (Å²) in [5, 5.41) is 0.314. The molecule has 0 spiro atoms. The van der Waals surface area contributed by atoms with Crippen molar-refractivity contribution in [3.8, 4) is 11.4 Å². The van der Waals surface area contributed by atoms with Crippen LogP contribution in [0.5, 0.6) is 0 Å². The van der Waals surface area contributed by atoms with Crippen LogP contribution in [-0.2, 0) is 17.5 Å². The van der Waals surface area contributed by atoms with Crippen LogP contribution in [0.2, 0.25) is 0 Å². The fourth-order valence-electron chi connectivity index (χ4n) is 3.60. The molecule has 1 aliphatic heterocycles. The second-order valence-corrected chi connectivity index (χ2v) is 8.22. The number of aromatic amines is 1. The number of fused-ring (bicyclic) bond motifs is 2. The standard InChI is InChI=1S/C21H14F5N5OS/c22-12-8-28-19(29-9-12)17-13-6-16(30-18(13)15(23)7-14(17)21(24,25)26)33-31-4-5-32-10-11-2-1-3-27-20(11)31/h1-3,6-9,30H,4-5,10H2. The van der Waals surface area contributed by atoms with Crippen molar-refractivity contribution in [1.82, 2.24) is 19.9 Å². The number of benzene rings is 1. The highest BCUT2D eigenvalue weighted by atomic mass is 32.2. The number of H-pyrrole nitrogens is 1. The van der Waals surface area contributed by atoms with Crippen LogP contribution in [0.25, 0.3) is 22.3 Å². The summed E-state index contributed by atoms with van der Waals surface area (Å²) in [4.78, 5) is 14.6. The van der Waals surface area contributed by atoms with Gasteiger partial charge in [0.25, 0.3) is 0 Å². The molecule has 33 heavy (non-hydrogen) atoms. The minimum absolute atomic E-state index is 0.0660. The number of pyridine rings is 1. The third-order valence-corrected chi connectivity index (χ3v) is 5.99. The topological polar surface area (TPSA) is 66.9 Å². The number of alkyl halides is 3. The van der Waals surface area contributed by atoms with Crippen molar-refractivity contribution in [1.29, 1.82) is 0 Å². The van der Waals surface area contributed by atoms with Crippen molar-refractivity contribution in [3.05, 3.63) is 65.6 Å². The normalized spacial score (nSPS) is 14.4. The van der Waals surface area contributed by atoms with Crippen LogP contribution in [0.15, 0.2) is 47.9 Å². The fraction of sp³-hybridized carbons (Fsp3) is 0.190. The Morgan fingerprint density at radius 1 is 1.09 bits per heavy atom. The zero-order valence-electron chi connectivity index (χ0n) is 16.7. The van der Waals surface area contributed by atoms with Gasteiger partial charge in [0.05, 0.1) is 48.3 Å². The van der Waals surface area contributed by atoms with Crippen LogP contribution in [0.1, 0.15) is 11.1 Å². The quantitative estimate of drug-likeness (QED) is 0.315. The molecule has 0 radical (unpaired) electrons. The first-order valence-electron chi connectivity index (χ1n) is 9.69. The van der Waals surface area contributed by atoms with E-state index in [1.165, 1.54) is 6.07 Å². The predicted molar refractivity (Wildman–Crippen MR) is 111 cm³/mol. The highest BCUT2D eigenvalue weighted by Gasteiger charge is 2.37. The molecule has 0 saturated carbocycles. The Labute approximate surface area is 188 Å². The van der Waals surface area contributed by atoms with Gasteiger partial charge in [-0.1, -0.05) is 6.07 Å². The minimum atomic E-state index is -4.88. The first-order valence-corrected chi connectivity index (χ1v) is 10.5. The number of anilines is 1. The molecule has 1 aliphatic rings. The van der Waals surface area contributed by atoms with Gasteiger partial charge in [-0.3, -0.25) is 4.31 Å². The fourth-order valence-corrected chi connectivity index (χ4v) is 4.57. The van der Waals surface area contributed by atoms with Crippen molar-refractivity contribution in [2.75, 3.05) is 17.5 Å². The Bertz CT molecular complexity index is 1330. The molecule has 4 heterocycles. The highest BCUT2D eigenvalue weighted by Crippen LogP contribution is 2.43. The van der Waals surface area contributed by atoms with Crippen LogP contribution in [0.3, 0.4) is 0 Å². The maximum absolute atomic E-state index is 14.7. The largest absolute Gasteiger partial charge is 0.417 e. The second kappa shape index (κ2) is 8.27. The summed E-state index contributed by atoms with van der Waals surface area (Å²) in [6.07, 6.45) is -1.72. The first-order chi connectivity index (χ1) is 15.8. The third kappa shape index (κ3) is 4.11. The van der Waals surface area contributed by atoms with E-state index in [1.54, 1.807) is 12.3 Å². The molecule has 0 bridgehead atoms. The molecule has 6 nitrogen and oxygen atoms in total. The van der Waals surface area contributed by atoms with E-state index in [0.29, 0.717) is 36.7 Å². The predicted octanol–water partition coefficient (Wildman–Crippen LogP) is 5.36. The Hall–Kier alpha value is -3.25. The van der Waals surface area contributed by atoms with E-state index in [4.69, 9.17) is 4.74 Å². The molecule has 170 valence electrons. The molecule has 0 saturated heterocycles. The molecule has 5 rings (SSSR count). The highest BCUT2D eigenvalue weighted by molar-refractivity contribution is 8.00. The van der Waals surface area contributed by atoms with Gasteiger partial charge in [0.1, 0.15) is 11.6 Å². The van der Waals surface area contributed by atoms with Crippen LogP contribution in [-0.4, -0.2) is 33.1 Å². The molecule has 12 heteroatoms. The molecule has 0 aliphatic carbocycles. The van der Waals surface area contributed by atoms with E-state index in [-0.39, 0.29) is 16.7 Å². The number of nitrogens with zero attached hydrogens (tertiary/aromatic N) is 4. The van der Waals surface area contributed by atoms with Gasteiger partial charge >= 0.3 is 6.18 Å². The summed E-state index contributed by atoms with van der Waals surface area (Å²) in [7, 11) is 0. The van der Waals surface area contributed by atoms with Gasteiger partial charge in [-0.15, -0.1) is 0 Å². The van der Waals surface area contributed by atoms with E-state index in [0.717, 1.165) is 29.9 Å². The smallest absolute Gasteiger partial charge is 0.375 e. The lowest BCUT2D eigenvalue weighted by Gasteiger charge is -2.20. The van der Waals surface area contributed by atoms with Crippen LogP contribution in [0, 0.1) is 11.6 Å². The molecule has 0 fully saturated rings. The van der Waals surface area contributed by atoms with Gasteiger partial charge < -0.3 is 9.72 Å². The van der Waals surface area contributed by atoms with Gasteiger partial charge in [-0.2, -0.15) is 13.2 Å². The molecule has 3 aromatic heterocycles. The molecule has 0 atom stereocenters. The van der Waals surface area contributed by atoms with E-state index in [2.05, 4.69) is 19.9 Å². The first kappa shape index (κ1) is 21.6. The lowest BCUT2D eigenvalue weighted by Crippen LogP contribution is -2.19. The summed E-state index contributed by atoms with van der Waals surface area (Å²) in [5.74, 6) is -1.59. The van der Waals surface area contributed by atoms with Crippen LogP contribution >= 0.6 is 11.9 Å². The van der Waals surface area contributed by atoms with Gasteiger partial charge in [0, 0.05) is 34.7 Å². The van der Waals surface area contributed by atoms with Crippen LogP contribution in [0.4, 0.5) is 27.8 Å².